The third-order valence-electron chi connectivity index (χ3n) is 8.37. The molecule has 0 spiro atoms. The highest BCUT2D eigenvalue weighted by molar-refractivity contribution is 7.92. The fourth-order valence-corrected chi connectivity index (χ4v) is 6.51. The lowest BCUT2D eigenvalue weighted by atomic mass is 9.99. The Morgan fingerprint density at radius 1 is 1.09 bits per heavy atom. The second kappa shape index (κ2) is 10.2. The molecular weight excluding hydrogens is 597 g/mol. The maximum absolute atomic E-state index is 14.7. The van der Waals surface area contributed by atoms with Crippen LogP contribution in [0.1, 0.15) is 21.5 Å². The number of carbonyl (C=O) groups excluding carboxylic acids is 1. The molecule has 1 N–H and O–H groups in total. The monoisotopic (exact) mass is 625 g/mol. The van der Waals surface area contributed by atoms with E-state index in [9.17, 15) is 22.4 Å². The van der Waals surface area contributed by atoms with Gasteiger partial charge in [-0.25, -0.2) is 17.8 Å². The van der Waals surface area contributed by atoms with Crippen molar-refractivity contribution in [2.75, 3.05) is 24.7 Å². The number of aromatic nitrogens is 3. The summed E-state index contributed by atoms with van der Waals surface area (Å²) in [6.07, 6.45) is 3.30. The number of halogens is 1. The molecule has 0 saturated carbocycles. The molecule has 45 heavy (non-hydrogen) atoms. The number of aryl methyl sites for hydroxylation is 3. The van der Waals surface area contributed by atoms with E-state index < -0.39 is 21.5 Å². The zero-order chi connectivity index (χ0) is 31.8. The van der Waals surface area contributed by atoms with Crippen molar-refractivity contribution >= 4 is 43.5 Å². The van der Waals surface area contributed by atoms with Crippen molar-refractivity contribution < 1.29 is 22.0 Å². The Kier molecular flexibility index (Phi) is 6.44. The lowest BCUT2D eigenvalue weighted by Gasteiger charge is -2.22. The molecule has 0 aliphatic carbocycles. The van der Waals surface area contributed by atoms with E-state index in [1.54, 1.807) is 31.2 Å². The molecule has 5 heterocycles. The molecule has 1 amide bonds. The highest BCUT2D eigenvalue weighted by atomic mass is 32.2. The number of nitrogens with one attached hydrogen (secondary N) is 1. The first kappa shape index (κ1) is 28.5. The number of pyridine rings is 2. The molecule has 10 nitrogen and oxygen atoms in total. The van der Waals surface area contributed by atoms with Gasteiger partial charge in [-0.2, -0.15) is 0 Å². The summed E-state index contributed by atoms with van der Waals surface area (Å²) in [4.78, 5) is 31.2. The summed E-state index contributed by atoms with van der Waals surface area (Å²) in [5, 5.41) is 3.49. The van der Waals surface area contributed by atoms with E-state index in [4.69, 9.17) is 9.40 Å². The second-order valence-corrected chi connectivity index (χ2v) is 13.2. The molecule has 0 fully saturated rings. The number of hydrogen-bond donors (Lipinski definition) is 1. The molecule has 4 aromatic heterocycles. The van der Waals surface area contributed by atoms with E-state index in [1.807, 2.05) is 22.8 Å². The highest BCUT2D eigenvalue weighted by Gasteiger charge is 2.28. The van der Waals surface area contributed by atoms with Gasteiger partial charge in [0.25, 0.3) is 11.5 Å². The van der Waals surface area contributed by atoms with Gasteiger partial charge in [-0.1, -0.05) is 12.1 Å². The zero-order valence-electron chi connectivity index (χ0n) is 24.9. The van der Waals surface area contributed by atoms with Crippen molar-refractivity contribution in [2.24, 2.45) is 0 Å². The number of benzene rings is 2. The molecule has 0 radical (unpaired) electrons. The summed E-state index contributed by atoms with van der Waals surface area (Å²) in [5.41, 5.74) is 4.97. The van der Waals surface area contributed by atoms with Gasteiger partial charge >= 0.3 is 0 Å². The predicted octanol–water partition coefficient (Wildman–Crippen LogP) is 5.03. The Bertz CT molecular complexity index is 2390. The SMILES string of the molecule is CNC(=O)c1c(-n2ccc(C)cc2=O)oc2cc(N(C)S(C)(=O)=O)c(-c3ccc4c(n3)-c3cc5c(F)cccc5n3CC4)cc12. The van der Waals surface area contributed by atoms with Crippen molar-refractivity contribution in [2.45, 2.75) is 19.9 Å². The number of rotatable bonds is 5. The Hall–Kier alpha value is -5.23. The van der Waals surface area contributed by atoms with E-state index in [2.05, 4.69) is 5.32 Å². The smallest absolute Gasteiger partial charge is 0.257 e. The fraction of sp³-hybridized carbons (Fsp3) is 0.182. The number of fused-ring (bicyclic) bond motifs is 6. The minimum atomic E-state index is -3.75. The van der Waals surface area contributed by atoms with E-state index in [-0.39, 0.29) is 28.5 Å². The lowest BCUT2D eigenvalue weighted by Crippen LogP contribution is -2.25. The predicted molar refractivity (Wildman–Crippen MR) is 171 cm³/mol. The fourth-order valence-electron chi connectivity index (χ4n) is 6.00. The van der Waals surface area contributed by atoms with Crippen molar-refractivity contribution in [3.63, 3.8) is 0 Å². The number of carbonyl (C=O) groups is 1. The Morgan fingerprint density at radius 2 is 1.89 bits per heavy atom. The van der Waals surface area contributed by atoms with Crippen molar-refractivity contribution in [3.8, 4) is 28.5 Å². The number of furan rings is 1. The van der Waals surface area contributed by atoms with Crippen LogP contribution < -0.4 is 15.2 Å². The van der Waals surface area contributed by atoms with Crippen molar-refractivity contribution in [3.05, 3.63) is 99.7 Å². The van der Waals surface area contributed by atoms with E-state index in [0.29, 0.717) is 40.7 Å². The zero-order valence-corrected chi connectivity index (χ0v) is 25.7. The summed E-state index contributed by atoms with van der Waals surface area (Å²) in [6, 6.07) is 16.9. The molecular formula is C33H28FN5O5S. The van der Waals surface area contributed by atoms with Crippen LogP contribution in [-0.4, -0.2) is 48.8 Å². The van der Waals surface area contributed by atoms with E-state index in [0.717, 1.165) is 32.9 Å². The number of nitrogens with zero attached hydrogens (tertiary/aromatic N) is 4. The van der Waals surface area contributed by atoms with Crippen LogP contribution in [-0.2, 0) is 23.0 Å². The molecule has 0 atom stereocenters. The summed E-state index contributed by atoms with van der Waals surface area (Å²) in [5.74, 6) is -0.805. The number of anilines is 1. The van der Waals surface area contributed by atoms with Gasteiger partial charge in [-0.3, -0.25) is 18.5 Å². The maximum atomic E-state index is 14.7. The minimum Gasteiger partial charge on any atom is -0.439 e. The number of hydrogen-bond acceptors (Lipinski definition) is 6. The van der Waals surface area contributed by atoms with Crippen LogP contribution in [0, 0.1) is 12.7 Å². The average Bonchev–Trinajstić information content (AvgIpc) is 3.58. The molecule has 2 aromatic carbocycles. The molecule has 1 aliphatic rings. The quantitative estimate of drug-likeness (QED) is 0.287. The summed E-state index contributed by atoms with van der Waals surface area (Å²) in [6.45, 7) is 2.45. The standard InChI is InChI=1S/C33H28FN5O5S/c1-18-10-12-39(29(40)14-18)33-30(32(41)35-2)22-15-21(26(17-28(22)44-33)37(3)45(4,42)43)24-9-8-19-11-13-38-25-7-5-6-23(34)20(25)16-27(38)31(19)36-24/h5-10,12,14-17H,11,13H2,1-4H3,(H,35,41). The first-order valence-electron chi connectivity index (χ1n) is 14.2. The van der Waals surface area contributed by atoms with Crippen LogP contribution in [0.3, 0.4) is 0 Å². The first-order chi connectivity index (χ1) is 21.5. The molecule has 7 rings (SSSR count). The van der Waals surface area contributed by atoms with Crippen LogP contribution in [0.25, 0.3) is 50.4 Å². The van der Waals surface area contributed by atoms with Crippen LogP contribution in [0.5, 0.6) is 0 Å². The molecule has 6 aromatic rings. The van der Waals surface area contributed by atoms with Crippen molar-refractivity contribution in [1.29, 1.82) is 0 Å². The largest absolute Gasteiger partial charge is 0.439 e. The Balaban J connectivity index is 1.51. The topological polar surface area (TPSA) is 119 Å². The van der Waals surface area contributed by atoms with Crippen LogP contribution >= 0.6 is 0 Å². The van der Waals surface area contributed by atoms with Gasteiger partial charge in [0, 0.05) is 55.3 Å². The molecule has 12 heteroatoms. The van der Waals surface area contributed by atoms with Crippen molar-refractivity contribution in [1.82, 2.24) is 19.4 Å². The number of amides is 1. The summed E-state index contributed by atoms with van der Waals surface area (Å²) < 4.78 is 50.9. The van der Waals surface area contributed by atoms with E-state index >= 15 is 0 Å². The van der Waals surface area contributed by atoms with Gasteiger partial charge < -0.3 is 14.3 Å². The third-order valence-corrected chi connectivity index (χ3v) is 9.56. The van der Waals surface area contributed by atoms with Gasteiger partial charge in [-0.05, 0) is 60.9 Å². The Labute approximate surface area is 257 Å². The molecule has 1 aliphatic heterocycles. The minimum absolute atomic E-state index is 0.00408. The second-order valence-electron chi connectivity index (χ2n) is 11.2. The molecule has 228 valence electrons. The summed E-state index contributed by atoms with van der Waals surface area (Å²) >= 11 is 0. The van der Waals surface area contributed by atoms with Gasteiger partial charge in [0.15, 0.2) is 0 Å². The molecule has 0 bridgehead atoms. The maximum Gasteiger partial charge on any atom is 0.257 e. The number of sulfonamides is 1. The van der Waals surface area contributed by atoms with Gasteiger partial charge in [0.05, 0.1) is 34.5 Å². The average molecular weight is 626 g/mol. The lowest BCUT2D eigenvalue weighted by molar-refractivity contribution is 0.0963. The summed E-state index contributed by atoms with van der Waals surface area (Å²) in [7, 11) is -0.849. The first-order valence-corrected chi connectivity index (χ1v) is 16.1. The van der Waals surface area contributed by atoms with E-state index in [1.165, 1.54) is 43.1 Å². The third kappa shape index (κ3) is 4.51. The molecule has 0 unspecified atom stereocenters. The normalized spacial score (nSPS) is 12.7. The van der Waals surface area contributed by atoms with Crippen LogP contribution in [0.4, 0.5) is 10.1 Å². The Morgan fingerprint density at radius 3 is 2.62 bits per heavy atom. The van der Waals surface area contributed by atoms with Gasteiger partial charge in [-0.15, -0.1) is 0 Å². The van der Waals surface area contributed by atoms with Crippen LogP contribution in [0.15, 0.2) is 76.1 Å². The van der Waals surface area contributed by atoms with Crippen LogP contribution in [0.2, 0.25) is 0 Å². The van der Waals surface area contributed by atoms with Gasteiger partial charge in [0.2, 0.25) is 15.9 Å². The highest BCUT2D eigenvalue weighted by Crippen LogP contribution is 2.41. The molecule has 0 saturated heterocycles. The van der Waals surface area contributed by atoms with Gasteiger partial charge in [0.1, 0.15) is 17.0 Å².